The first kappa shape index (κ1) is 23.1. The van der Waals surface area contributed by atoms with Crippen molar-refractivity contribution in [3.05, 3.63) is 77.3 Å². The zero-order chi connectivity index (χ0) is 24.5. The van der Waals surface area contributed by atoms with E-state index in [0.29, 0.717) is 22.8 Å². The zero-order valence-corrected chi connectivity index (χ0v) is 21.1. The van der Waals surface area contributed by atoms with E-state index < -0.39 is 0 Å². The number of halogens is 1. The summed E-state index contributed by atoms with van der Waals surface area (Å²) in [7, 11) is 0. The third-order valence-corrected chi connectivity index (χ3v) is 7.96. The van der Waals surface area contributed by atoms with Crippen LogP contribution in [0, 0.1) is 18.7 Å². The number of aryl methyl sites for hydroxylation is 1. The summed E-state index contributed by atoms with van der Waals surface area (Å²) in [6, 6.07) is 14.1. The Labute approximate surface area is 213 Å². The van der Waals surface area contributed by atoms with E-state index in [-0.39, 0.29) is 5.82 Å². The van der Waals surface area contributed by atoms with Crippen LogP contribution < -0.4 is 10.2 Å². The Morgan fingerprint density at radius 2 is 2.06 bits per heavy atom. The highest BCUT2D eigenvalue weighted by Crippen LogP contribution is 2.28. The lowest BCUT2D eigenvalue weighted by Crippen LogP contribution is -2.34. The van der Waals surface area contributed by atoms with Crippen LogP contribution in [0.1, 0.15) is 30.4 Å². The summed E-state index contributed by atoms with van der Waals surface area (Å²) in [6.07, 6.45) is 7.05. The number of aromatic nitrogens is 4. The van der Waals surface area contributed by atoms with Crippen molar-refractivity contribution in [2.24, 2.45) is 5.92 Å². The van der Waals surface area contributed by atoms with Crippen LogP contribution in [0.15, 0.2) is 60.4 Å². The molecule has 8 heteroatoms. The van der Waals surface area contributed by atoms with Crippen LogP contribution in [0.4, 0.5) is 10.2 Å². The van der Waals surface area contributed by atoms with E-state index >= 15 is 0 Å². The normalized spacial score (nSPS) is 16.6. The molecule has 0 amide bonds. The fraction of sp³-hybridized carbons (Fsp3) is 0.321. The summed E-state index contributed by atoms with van der Waals surface area (Å²) in [5.41, 5.74) is 3.25. The van der Waals surface area contributed by atoms with Gasteiger partial charge in [0.25, 0.3) is 0 Å². The topological polar surface area (TPSA) is 58.9 Å². The predicted octanol–water partition coefficient (Wildman–Crippen LogP) is 5.87. The maximum atomic E-state index is 14.2. The molecule has 1 saturated heterocycles. The molecule has 1 aliphatic heterocycles. The Morgan fingerprint density at radius 3 is 2.97 bits per heavy atom. The Morgan fingerprint density at radius 1 is 1.11 bits per heavy atom. The van der Waals surface area contributed by atoms with Gasteiger partial charge < -0.3 is 10.2 Å². The molecule has 1 N–H and O–H groups in total. The molecular weight excluding hydrogens is 471 g/mol. The quantitative estimate of drug-likeness (QED) is 0.316. The number of nitrogens with zero attached hydrogens (tertiary/aromatic N) is 5. The Bertz CT molecular complexity index is 1510. The van der Waals surface area contributed by atoms with Crippen molar-refractivity contribution in [2.45, 2.75) is 32.7 Å². The summed E-state index contributed by atoms with van der Waals surface area (Å²) in [4.78, 5) is 11.4. The van der Waals surface area contributed by atoms with Crippen molar-refractivity contribution in [3.63, 3.8) is 0 Å². The Kier molecular flexibility index (Phi) is 6.37. The molecule has 0 bridgehead atoms. The Balaban J connectivity index is 1.18. The van der Waals surface area contributed by atoms with Crippen molar-refractivity contribution >= 4 is 38.3 Å². The van der Waals surface area contributed by atoms with Gasteiger partial charge in [0.15, 0.2) is 5.65 Å². The standard InChI is InChI=1S/C28H29FN6S/c1-19-5-7-23(13-25(19)29)35-17-24-27(33-35)31-18-32-28(24)34-10-3-2-4-21(16-34)15-30-14-20-6-8-26-22(12-20)9-11-36-26/h5-9,11-13,17-18,21,30H,2-4,10,14-16H2,1H3. The highest BCUT2D eigenvalue weighted by atomic mass is 32.1. The maximum Gasteiger partial charge on any atom is 0.186 e. The number of anilines is 1. The monoisotopic (exact) mass is 500 g/mol. The van der Waals surface area contributed by atoms with E-state index in [1.165, 1.54) is 34.6 Å². The number of rotatable bonds is 6. The summed E-state index contributed by atoms with van der Waals surface area (Å²) in [5.74, 6) is 1.20. The van der Waals surface area contributed by atoms with Gasteiger partial charge in [-0.2, -0.15) is 0 Å². The third kappa shape index (κ3) is 4.70. The Hall–Kier alpha value is -3.36. The molecule has 184 valence electrons. The summed E-state index contributed by atoms with van der Waals surface area (Å²) in [6.45, 7) is 5.50. The summed E-state index contributed by atoms with van der Waals surface area (Å²) in [5, 5.41) is 12.7. The highest BCUT2D eigenvalue weighted by Gasteiger charge is 2.22. The fourth-order valence-corrected chi connectivity index (χ4v) is 5.84. The minimum atomic E-state index is -0.239. The number of thiophene rings is 1. The van der Waals surface area contributed by atoms with Gasteiger partial charge in [0.1, 0.15) is 18.0 Å². The molecule has 0 spiro atoms. The van der Waals surface area contributed by atoms with Gasteiger partial charge in [0.05, 0.1) is 11.1 Å². The molecule has 36 heavy (non-hydrogen) atoms. The second-order valence-corrected chi connectivity index (χ2v) is 10.6. The van der Waals surface area contributed by atoms with Crippen LogP contribution in [0.25, 0.3) is 26.8 Å². The zero-order valence-electron chi connectivity index (χ0n) is 20.3. The molecule has 4 heterocycles. The number of benzene rings is 2. The lowest BCUT2D eigenvalue weighted by Gasteiger charge is -2.26. The first-order valence-electron chi connectivity index (χ1n) is 12.5. The largest absolute Gasteiger partial charge is 0.356 e. The van der Waals surface area contributed by atoms with E-state index in [1.54, 1.807) is 35.3 Å². The van der Waals surface area contributed by atoms with E-state index in [2.05, 4.69) is 54.9 Å². The molecule has 1 aliphatic rings. The van der Waals surface area contributed by atoms with Crippen LogP contribution in [0.5, 0.6) is 0 Å². The van der Waals surface area contributed by atoms with Crippen molar-refractivity contribution in [1.29, 1.82) is 0 Å². The first-order valence-corrected chi connectivity index (χ1v) is 13.4. The third-order valence-electron chi connectivity index (χ3n) is 7.06. The molecule has 3 aromatic heterocycles. The smallest absolute Gasteiger partial charge is 0.186 e. The van der Waals surface area contributed by atoms with Crippen LogP contribution in [0.2, 0.25) is 0 Å². The molecule has 0 aliphatic carbocycles. The van der Waals surface area contributed by atoms with Crippen molar-refractivity contribution in [3.8, 4) is 5.69 Å². The molecule has 0 radical (unpaired) electrons. The molecule has 1 atom stereocenters. The average Bonchev–Trinajstić information content (AvgIpc) is 3.47. The van der Waals surface area contributed by atoms with Gasteiger partial charge >= 0.3 is 0 Å². The lowest BCUT2D eigenvalue weighted by molar-refractivity contribution is 0.454. The van der Waals surface area contributed by atoms with Gasteiger partial charge in [-0.1, -0.05) is 18.6 Å². The number of hydrogen-bond acceptors (Lipinski definition) is 6. The average molecular weight is 501 g/mol. The molecule has 2 aromatic carbocycles. The van der Waals surface area contributed by atoms with Crippen LogP contribution >= 0.6 is 11.3 Å². The maximum absolute atomic E-state index is 14.2. The van der Waals surface area contributed by atoms with E-state index in [4.69, 9.17) is 0 Å². The number of hydrogen-bond donors (Lipinski definition) is 1. The first-order chi connectivity index (χ1) is 17.6. The molecule has 1 fully saturated rings. The SMILES string of the molecule is Cc1ccc(-n2cc3c(N4CCCCC(CNCc5ccc6sccc6c5)C4)ncnc3n2)cc1F. The van der Waals surface area contributed by atoms with Gasteiger partial charge in [-0.3, -0.25) is 0 Å². The molecule has 1 unspecified atom stereocenters. The van der Waals surface area contributed by atoms with Crippen molar-refractivity contribution < 1.29 is 4.39 Å². The van der Waals surface area contributed by atoms with E-state index in [9.17, 15) is 4.39 Å². The van der Waals surface area contributed by atoms with Gasteiger partial charge in [0.2, 0.25) is 0 Å². The minimum Gasteiger partial charge on any atom is -0.356 e. The van der Waals surface area contributed by atoms with Gasteiger partial charge in [-0.25, -0.2) is 19.0 Å². The van der Waals surface area contributed by atoms with E-state index in [0.717, 1.165) is 43.8 Å². The molecular formula is C28H29FN6S. The molecule has 6 nitrogen and oxygen atoms in total. The molecule has 0 saturated carbocycles. The number of fused-ring (bicyclic) bond motifs is 2. The summed E-state index contributed by atoms with van der Waals surface area (Å²) < 4.78 is 17.2. The van der Waals surface area contributed by atoms with Crippen LogP contribution in [-0.4, -0.2) is 39.4 Å². The summed E-state index contributed by atoms with van der Waals surface area (Å²) >= 11 is 1.79. The second kappa shape index (κ2) is 9.95. The lowest BCUT2D eigenvalue weighted by atomic mass is 10.0. The predicted molar refractivity (Wildman–Crippen MR) is 144 cm³/mol. The second-order valence-electron chi connectivity index (χ2n) is 9.67. The highest BCUT2D eigenvalue weighted by molar-refractivity contribution is 7.17. The number of nitrogens with one attached hydrogen (secondary N) is 1. The van der Waals surface area contributed by atoms with Gasteiger partial charge in [-0.05, 0) is 84.5 Å². The van der Waals surface area contributed by atoms with Crippen molar-refractivity contribution in [2.75, 3.05) is 24.5 Å². The van der Waals surface area contributed by atoms with Gasteiger partial charge in [0, 0.05) is 30.5 Å². The van der Waals surface area contributed by atoms with Crippen molar-refractivity contribution in [1.82, 2.24) is 25.1 Å². The van der Waals surface area contributed by atoms with Crippen LogP contribution in [0.3, 0.4) is 0 Å². The fourth-order valence-electron chi connectivity index (χ4n) is 5.07. The minimum absolute atomic E-state index is 0.239. The molecule has 5 aromatic rings. The van der Waals surface area contributed by atoms with Gasteiger partial charge in [-0.15, -0.1) is 16.4 Å². The van der Waals surface area contributed by atoms with Crippen LogP contribution in [-0.2, 0) is 6.54 Å². The molecule has 6 rings (SSSR count). The van der Waals surface area contributed by atoms with E-state index in [1.807, 2.05) is 12.3 Å².